The SMILES string of the molecule is CCS[C@H]1CC(=O)N(c2ccccc2CC)C1=O. The topological polar surface area (TPSA) is 37.4 Å². The summed E-state index contributed by atoms with van der Waals surface area (Å²) >= 11 is 1.55. The zero-order chi connectivity index (χ0) is 13.1. The van der Waals surface area contributed by atoms with Crippen LogP contribution in [0.3, 0.4) is 0 Å². The number of para-hydroxylation sites is 1. The van der Waals surface area contributed by atoms with Crippen molar-refractivity contribution in [2.45, 2.75) is 31.9 Å². The Labute approximate surface area is 112 Å². The second-order valence-electron chi connectivity index (χ2n) is 4.20. The lowest BCUT2D eigenvalue weighted by atomic mass is 10.1. The maximum atomic E-state index is 12.3. The molecule has 0 N–H and O–H groups in total. The number of imide groups is 1. The molecule has 0 bridgehead atoms. The summed E-state index contributed by atoms with van der Waals surface area (Å²) in [6.45, 7) is 4.03. The van der Waals surface area contributed by atoms with Crippen LogP contribution in [0.4, 0.5) is 5.69 Å². The van der Waals surface area contributed by atoms with Gasteiger partial charge in [-0.25, -0.2) is 4.90 Å². The van der Waals surface area contributed by atoms with Crippen LogP contribution in [-0.4, -0.2) is 22.8 Å². The highest BCUT2D eigenvalue weighted by Crippen LogP contribution is 2.31. The molecule has 0 aromatic heterocycles. The van der Waals surface area contributed by atoms with E-state index in [0.717, 1.165) is 23.4 Å². The van der Waals surface area contributed by atoms with Crippen molar-refractivity contribution in [3.8, 4) is 0 Å². The number of amides is 2. The highest BCUT2D eigenvalue weighted by atomic mass is 32.2. The molecule has 1 heterocycles. The van der Waals surface area contributed by atoms with E-state index in [9.17, 15) is 9.59 Å². The van der Waals surface area contributed by atoms with Gasteiger partial charge in [-0.15, -0.1) is 11.8 Å². The lowest BCUT2D eigenvalue weighted by Gasteiger charge is -2.18. The third kappa shape index (κ3) is 2.29. The number of carbonyl (C=O) groups is 2. The van der Waals surface area contributed by atoms with E-state index in [1.54, 1.807) is 11.8 Å². The van der Waals surface area contributed by atoms with Crippen LogP contribution in [-0.2, 0) is 16.0 Å². The zero-order valence-corrected chi connectivity index (χ0v) is 11.5. The van der Waals surface area contributed by atoms with Crippen LogP contribution in [0, 0.1) is 0 Å². The number of rotatable bonds is 4. The molecule has 1 saturated heterocycles. The fourth-order valence-electron chi connectivity index (χ4n) is 2.22. The molecule has 0 spiro atoms. The summed E-state index contributed by atoms with van der Waals surface area (Å²) in [4.78, 5) is 25.7. The first-order valence-electron chi connectivity index (χ1n) is 6.25. The standard InChI is InChI=1S/C14H17NO2S/c1-3-10-7-5-6-8-11(10)15-13(16)9-12(14(15)17)18-4-2/h5-8,12H,3-4,9H2,1-2H3/t12-/m0/s1. The number of benzene rings is 1. The van der Waals surface area contributed by atoms with Crippen molar-refractivity contribution in [2.75, 3.05) is 10.7 Å². The van der Waals surface area contributed by atoms with Crippen LogP contribution >= 0.6 is 11.8 Å². The molecule has 0 saturated carbocycles. The average Bonchev–Trinajstić information content (AvgIpc) is 2.65. The van der Waals surface area contributed by atoms with Gasteiger partial charge in [0.05, 0.1) is 10.9 Å². The molecule has 1 fully saturated rings. The molecule has 0 aliphatic carbocycles. The summed E-state index contributed by atoms with van der Waals surface area (Å²) in [5.41, 5.74) is 1.80. The van der Waals surface area contributed by atoms with Gasteiger partial charge in [-0.1, -0.05) is 32.0 Å². The van der Waals surface area contributed by atoms with Crippen molar-refractivity contribution in [1.29, 1.82) is 0 Å². The van der Waals surface area contributed by atoms with Gasteiger partial charge in [0, 0.05) is 6.42 Å². The van der Waals surface area contributed by atoms with Gasteiger partial charge in [0.25, 0.3) is 0 Å². The highest BCUT2D eigenvalue weighted by molar-refractivity contribution is 8.00. The second-order valence-corrected chi connectivity index (χ2v) is 5.68. The molecule has 3 nitrogen and oxygen atoms in total. The summed E-state index contributed by atoms with van der Waals surface area (Å²) < 4.78 is 0. The number of anilines is 1. The molecule has 0 unspecified atom stereocenters. The summed E-state index contributed by atoms with van der Waals surface area (Å²) in [5, 5.41) is -0.201. The Morgan fingerprint density at radius 2 is 2.00 bits per heavy atom. The second kappa shape index (κ2) is 5.57. The van der Waals surface area contributed by atoms with Crippen LogP contribution in [0.25, 0.3) is 0 Å². The molecular formula is C14H17NO2S. The number of thioether (sulfide) groups is 1. The van der Waals surface area contributed by atoms with Gasteiger partial charge in [-0.3, -0.25) is 9.59 Å². The van der Waals surface area contributed by atoms with Crippen LogP contribution in [0.2, 0.25) is 0 Å². The van der Waals surface area contributed by atoms with Crippen molar-refractivity contribution in [1.82, 2.24) is 0 Å². The van der Waals surface area contributed by atoms with Crippen LogP contribution in [0.1, 0.15) is 25.8 Å². The number of carbonyl (C=O) groups excluding carboxylic acids is 2. The zero-order valence-electron chi connectivity index (χ0n) is 10.7. The molecule has 4 heteroatoms. The van der Waals surface area contributed by atoms with Crippen LogP contribution in [0.5, 0.6) is 0 Å². The summed E-state index contributed by atoms with van der Waals surface area (Å²) in [6.07, 6.45) is 1.15. The predicted octanol–water partition coefficient (Wildman–Crippen LogP) is 2.63. The molecule has 1 aliphatic rings. The first-order chi connectivity index (χ1) is 8.69. The van der Waals surface area contributed by atoms with Gasteiger partial charge < -0.3 is 0 Å². The molecule has 18 heavy (non-hydrogen) atoms. The maximum Gasteiger partial charge on any atom is 0.247 e. The van der Waals surface area contributed by atoms with Gasteiger partial charge in [0.2, 0.25) is 11.8 Å². The first kappa shape index (κ1) is 13.1. The van der Waals surface area contributed by atoms with Crippen molar-refractivity contribution >= 4 is 29.3 Å². The van der Waals surface area contributed by atoms with Gasteiger partial charge in [-0.05, 0) is 23.8 Å². The van der Waals surface area contributed by atoms with E-state index in [1.165, 1.54) is 4.90 Å². The van der Waals surface area contributed by atoms with Crippen molar-refractivity contribution in [3.05, 3.63) is 29.8 Å². The quantitative estimate of drug-likeness (QED) is 0.784. The van der Waals surface area contributed by atoms with Crippen LogP contribution < -0.4 is 4.90 Å². The Hall–Kier alpha value is -1.29. The smallest absolute Gasteiger partial charge is 0.247 e. The van der Waals surface area contributed by atoms with E-state index in [2.05, 4.69) is 0 Å². The van der Waals surface area contributed by atoms with E-state index in [4.69, 9.17) is 0 Å². The van der Waals surface area contributed by atoms with Gasteiger partial charge >= 0.3 is 0 Å². The number of aryl methyl sites for hydroxylation is 1. The van der Waals surface area contributed by atoms with E-state index in [1.807, 2.05) is 38.1 Å². The summed E-state index contributed by atoms with van der Waals surface area (Å²) in [5.74, 6) is 0.715. The Bertz CT molecular complexity index is 473. The minimum absolute atomic E-state index is 0.0623. The van der Waals surface area contributed by atoms with E-state index < -0.39 is 0 Å². The third-order valence-corrected chi connectivity index (χ3v) is 4.19. The fraction of sp³-hybridized carbons (Fsp3) is 0.429. The molecule has 0 radical (unpaired) electrons. The van der Waals surface area contributed by atoms with Gasteiger partial charge in [0.15, 0.2) is 0 Å². The molecule has 1 aromatic rings. The van der Waals surface area contributed by atoms with E-state index in [0.29, 0.717) is 6.42 Å². The number of hydrogen-bond acceptors (Lipinski definition) is 3. The molecule has 1 aromatic carbocycles. The Morgan fingerprint density at radius 1 is 1.28 bits per heavy atom. The minimum Gasteiger partial charge on any atom is -0.274 e. The Kier molecular flexibility index (Phi) is 4.07. The van der Waals surface area contributed by atoms with Crippen molar-refractivity contribution in [3.63, 3.8) is 0 Å². The van der Waals surface area contributed by atoms with E-state index >= 15 is 0 Å². The molecule has 2 amide bonds. The molecule has 2 rings (SSSR count). The predicted molar refractivity (Wildman–Crippen MR) is 74.9 cm³/mol. The summed E-state index contributed by atoms with van der Waals surface area (Å²) in [6, 6.07) is 7.63. The lowest BCUT2D eigenvalue weighted by molar-refractivity contribution is -0.121. The molecule has 1 atom stereocenters. The Morgan fingerprint density at radius 3 is 2.67 bits per heavy atom. The molecule has 1 aliphatic heterocycles. The molecule has 96 valence electrons. The third-order valence-electron chi connectivity index (χ3n) is 3.09. The molecular weight excluding hydrogens is 246 g/mol. The minimum atomic E-state index is -0.201. The normalized spacial score (nSPS) is 19.7. The Balaban J connectivity index is 2.33. The van der Waals surface area contributed by atoms with Gasteiger partial charge in [-0.2, -0.15) is 0 Å². The average molecular weight is 263 g/mol. The largest absolute Gasteiger partial charge is 0.274 e. The van der Waals surface area contributed by atoms with Crippen molar-refractivity contribution in [2.24, 2.45) is 0 Å². The lowest BCUT2D eigenvalue weighted by Crippen LogP contribution is -2.32. The highest BCUT2D eigenvalue weighted by Gasteiger charge is 2.39. The van der Waals surface area contributed by atoms with Crippen molar-refractivity contribution < 1.29 is 9.59 Å². The summed E-state index contributed by atoms with van der Waals surface area (Å²) in [7, 11) is 0. The number of nitrogens with zero attached hydrogens (tertiary/aromatic N) is 1. The van der Waals surface area contributed by atoms with E-state index in [-0.39, 0.29) is 17.1 Å². The number of hydrogen-bond donors (Lipinski definition) is 0. The fourth-order valence-corrected chi connectivity index (χ4v) is 3.13. The first-order valence-corrected chi connectivity index (χ1v) is 7.30. The van der Waals surface area contributed by atoms with Crippen LogP contribution in [0.15, 0.2) is 24.3 Å². The monoisotopic (exact) mass is 263 g/mol. The maximum absolute atomic E-state index is 12.3. The van der Waals surface area contributed by atoms with Gasteiger partial charge in [0.1, 0.15) is 0 Å².